The molecule has 0 saturated carbocycles. The zero-order chi connectivity index (χ0) is 17.9. The number of nitrogens with zero attached hydrogens (tertiary/aromatic N) is 2. The number of hydrogen-bond acceptors (Lipinski definition) is 6. The van der Waals surface area contributed by atoms with Crippen molar-refractivity contribution in [2.24, 2.45) is 0 Å². The second-order valence-corrected chi connectivity index (χ2v) is 5.60. The van der Waals surface area contributed by atoms with Gasteiger partial charge in [0.15, 0.2) is 0 Å². The number of anilines is 1. The molecule has 0 heterocycles. The molecule has 0 aliphatic heterocycles. The number of benzene rings is 2. The highest BCUT2D eigenvalue weighted by Gasteiger charge is 2.06. The maximum absolute atomic E-state index is 8.52. The minimum Gasteiger partial charge on any atom is -0.759 e. The van der Waals surface area contributed by atoms with E-state index >= 15 is 0 Å². The lowest BCUT2D eigenvalue weighted by Crippen LogP contribution is -2.11. The minimum atomic E-state index is -5.17. The van der Waals surface area contributed by atoms with Crippen LogP contribution in [0.15, 0.2) is 54.6 Å². The summed E-state index contributed by atoms with van der Waals surface area (Å²) in [5.41, 5.74) is 3.18. The predicted molar refractivity (Wildman–Crippen MR) is 83.0 cm³/mol. The van der Waals surface area contributed by atoms with Crippen LogP contribution in [-0.4, -0.2) is 17.5 Å². The number of halogens is 2. The van der Waals surface area contributed by atoms with Crippen molar-refractivity contribution in [2.45, 2.75) is 6.42 Å². The molecule has 0 aliphatic rings. The van der Waals surface area contributed by atoms with Crippen molar-refractivity contribution in [1.29, 1.82) is 5.39 Å². The molecule has 0 atom stereocenters. The summed E-state index contributed by atoms with van der Waals surface area (Å²) in [7, 11) is -5.17. The van der Waals surface area contributed by atoms with Crippen LogP contribution in [0.4, 0.5) is 5.69 Å². The van der Waals surface area contributed by atoms with E-state index in [1.165, 1.54) is 5.56 Å². The van der Waals surface area contributed by atoms with E-state index in [4.69, 9.17) is 51.9 Å². The van der Waals surface area contributed by atoms with E-state index in [1.54, 1.807) is 0 Å². The van der Waals surface area contributed by atoms with Crippen LogP contribution in [0, 0.1) is 5.39 Å². The van der Waals surface area contributed by atoms with E-state index in [-0.39, 0.29) is 0 Å². The van der Waals surface area contributed by atoms with Crippen LogP contribution < -0.4 is 9.33 Å². The molecule has 10 heteroatoms. The van der Waals surface area contributed by atoms with E-state index < -0.39 is 10.4 Å². The van der Waals surface area contributed by atoms with Crippen molar-refractivity contribution in [3.05, 3.63) is 65.7 Å². The molecule has 0 aliphatic carbocycles. The van der Waals surface area contributed by atoms with E-state index in [9.17, 15) is 0 Å². The first-order chi connectivity index (χ1) is 10.8. The standard InChI is InChI=1S/C13H11Cl2N.N2.H2O4S/c14-16(15)13-9-5-4-8-12(13)10-11-6-2-1-3-7-11;1-2;1-5(2,3)4/h1-9H,10H2;;(H2,1,2,3,4)/p-1. The van der Waals surface area contributed by atoms with Gasteiger partial charge in [-0.15, -0.1) is 0 Å². The van der Waals surface area contributed by atoms with Crippen molar-refractivity contribution in [3.63, 3.8) is 0 Å². The van der Waals surface area contributed by atoms with Crippen molar-refractivity contribution in [2.75, 3.05) is 3.94 Å². The Morgan fingerprint density at radius 1 is 0.957 bits per heavy atom. The Bertz CT molecular complexity index is 701. The lowest BCUT2D eigenvalue weighted by Gasteiger charge is -2.11. The van der Waals surface area contributed by atoms with Gasteiger partial charge in [0.05, 0.1) is 11.1 Å². The van der Waals surface area contributed by atoms with E-state index in [1.807, 2.05) is 42.5 Å². The highest BCUT2D eigenvalue weighted by molar-refractivity contribution is 7.79. The summed E-state index contributed by atoms with van der Waals surface area (Å²) >= 11 is 11.5. The molecule has 0 unspecified atom stereocenters. The van der Waals surface area contributed by atoms with Crippen LogP contribution in [0.3, 0.4) is 0 Å². The van der Waals surface area contributed by atoms with E-state index in [0.717, 1.165) is 21.6 Å². The fourth-order valence-electron chi connectivity index (χ4n) is 1.64. The Morgan fingerprint density at radius 2 is 1.39 bits per heavy atom. The number of diazo groups is 1. The van der Waals surface area contributed by atoms with Crippen molar-refractivity contribution in [1.82, 2.24) is 0 Å². The molecule has 0 radical (unpaired) electrons. The normalized spacial score (nSPS) is 9.65. The van der Waals surface area contributed by atoms with Gasteiger partial charge in [-0.3, -0.25) is 8.42 Å². The smallest absolute Gasteiger partial charge is 0.212 e. The van der Waals surface area contributed by atoms with Crippen LogP contribution in [-0.2, 0) is 16.8 Å². The summed E-state index contributed by atoms with van der Waals surface area (Å²) in [5, 5.41) is 11.0. The summed E-state index contributed by atoms with van der Waals surface area (Å²) in [6, 6.07) is 18.1. The molecule has 0 saturated heterocycles. The van der Waals surface area contributed by atoms with Gasteiger partial charge in [0.2, 0.25) is 5.39 Å². The molecule has 7 nitrogen and oxygen atoms in total. The van der Waals surface area contributed by atoms with Crippen LogP contribution in [0.25, 0.3) is 0 Å². The van der Waals surface area contributed by atoms with Crippen LogP contribution in [0.5, 0.6) is 0 Å². The topological polar surface area (TPSA) is 131 Å². The average Bonchev–Trinajstić information content (AvgIpc) is 2.49. The van der Waals surface area contributed by atoms with Gasteiger partial charge in [-0.05, 0) is 23.6 Å². The molecular weight excluding hydrogens is 365 g/mol. The summed E-state index contributed by atoms with van der Waals surface area (Å²) < 4.78 is 35.2. The van der Waals surface area contributed by atoms with Crippen molar-refractivity contribution in [3.8, 4) is 0 Å². The number of hydrogen-bond donors (Lipinski definition) is 1. The maximum Gasteiger partial charge on any atom is 0.212 e. The number of para-hydroxylation sites is 1. The maximum atomic E-state index is 8.52. The third kappa shape index (κ3) is 10.5. The minimum absolute atomic E-state index is 0.826. The fourth-order valence-corrected chi connectivity index (χ4v) is 1.97. The van der Waals surface area contributed by atoms with E-state index in [2.05, 4.69) is 12.1 Å². The van der Waals surface area contributed by atoms with Crippen LogP contribution in [0.1, 0.15) is 11.1 Å². The molecule has 2 aromatic rings. The molecule has 124 valence electrons. The van der Waals surface area contributed by atoms with E-state index in [0.29, 0.717) is 0 Å². The molecule has 0 amide bonds. The van der Waals surface area contributed by atoms with Crippen molar-refractivity contribution >= 4 is 39.6 Å². The molecule has 23 heavy (non-hydrogen) atoms. The Balaban J connectivity index is 0.000000594. The monoisotopic (exact) mass is 376 g/mol. The van der Waals surface area contributed by atoms with Gasteiger partial charge >= 0.3 is 0 Å². The molecule has 0 bridgehead atoms. The van der Waals surface area contributed by atoms with Gasteiger partial charge in [0, 0.05) is 34.0 Å². The zero-order valence-electron chi connectivity index (χ0n) is 11.6. The molecule has 0 aromatic heterocycles. The first kappa shape index (κ1) is 21.1. The van der Waals surface area contributed by atoms with Crippen LogP contribution in [0.2, 0.25) is 0 Å². The Morgan fingerprint density at radius 3 is 1.87 bits per heavy atom. The Hall–Kier alpha value is -1.89. The first-order valence-corrected chi connectivity index (χ1v) is 7.91. The summed E-state index contributed by atoms with van der Waals surface area (Å²) in [6.07, 6.45) is 0.826. The first-order valence-electron chi connectivity index (χ1n) is 5.90. The van der Waals surface area contributed by atoms with Gasteiger partial charge in [-0.2, -0.15) is 3.94 Å². The Labute approximate surface area is 144 Å². The third-order valence-corrected chi connectivity index (χ3v) is 2.78. The van der Waals surface area contributed by atoms with Gasteiger partial charge in [0.1, 0.15) is 0 Å². The quantitative estimate of drug-likeness (QED) is 0.372. The highest BCUT2D eigenvalue weighted by atomic mass is 35.5. The third-order valence-electron chi connectivity index (χ3n) is 2.41. The van der Waals surface area contributed by atoms with Gasteiger partial charge in [-0.1, -0.05) is 48.5 Å². The highest BCUT2D eigenvalue weighted by Crippen LogP contribution is 2.25. The molecule has 2 rings (SSSR count). The van der Waals surface area contributed by atoms with Gasteiger partial charge in [-0.25, -0.2) is 0 Å². The summed E-state index contributed by atoms with van der Waals surface area (Å²) in [5.74, 6) is 0. The molecule has 2 aromatic carbocycles. The SMILES string of the molecule is ClN(Cl)c1ccccc1Cc1ccccc1.N#[NH+].O=S(=O)([O-])[O-]. The summed E-state index contributed by atoms with van der Waals surface area (Å²) in [6.45, 7) is 0. The Kier molecular flexibility index (Phi) is 9.89. The largest absolute Gasteiger partial charge is 0.759 e. The fraction of sp³-hybridized carbons (Fsp3) is 0.0769. The van der Waals surface area contributed by atoms with Crippen LogP contribution >= 0.6 is 23.6 Å². The van der Waals surface area contributed by atoms with Gasteiger partial charge < -0.3 is 9.11 Å². The summed E-state index contributed by atoms with van der Waals surface area (Å²) in [4.78, 5) is 0. The lowest BCUT2D eigenvalue weighted by molar-refractivity contribution is -0.175. The predicted octanol–water partition coefficient (Wildman–Crippen LogP) is 1.33. The van der Waals surface area contributed by atoms with Gasteiger partial charge in [0.25, 0.3) is 0 Å². The molecular formula is C13H12Cl2N3O4S-. The second kappa shape index (κ2) is 10.8. The average molecular weight is 377 g/mol. The lowest BCUT2D eigenvalue weighted by atomic mass is 10.0. The molecule has 1 N–H and O–H groups in total. The second-order valence-electron chi connectivity index (χ2n) is 3.93. The zero-order valence-corrected chi connectivity index (χ0v) is 13.9. The number of rotatable bonds is 3. The molecule has 0 fully saturated rings. The van der Waals surface area contributed by atoms with Crippen molar-refractivity contribution < 1.29 is 22.9 Å². The number of nitrogens with one attached hydrogen (secondary N) is 1. The molecule has 0 spiro atoms.